The van der Waals surface area contributed by atoms with E-state index in [1.54, 1.807) is 12.1 Å². The molecule has 5 unspecified atom stereocenters. The summed E-state index contributed by atoms with van der Waals surface area (Å²) in [5.74, 6) is -3.28. The number of aromatic hydroxyl groups is 1. The SMILES string of the molecule is CCC(C)C(N)C(=O)NC(C)C(=O)NC(Cc1ccc(O)cc1)C(=O)NC(CS)C(=O)O. The van der Waals surface area contributed by atoms with Crippen LogP contribution in [0.4, 0.5) is 0 Å². The molecule has 7 N–H and O–H groups in total. The van der Waals surface area contributed by atoms with Gasteiger partial charge in [-0.2, -0.15) is 12.6 Å². The first-order chi connectivity index (χ1) is 15.0. The van der Waals surface area contributed by atoms with Crippen LogP contribution in [-0.2, 0) is 25.6 Å². The Morgan fingerprint density at radius 1 is 0.969 bits per heavy atom. The molecule has 3 amide bonds. The van der Waals surface area contributed by atoms with Crippen molar-refractivity contribution in [2.75, 3.05) is 5.75 Å². The summed E-state index contributed by atoms with van der Waals surface area (Å²) in [5.41, 5.74) is 6.51. The molecule has 0 radical (unpaired) electrons. The van der Waals surface area contributed by atoms with Crippen LogP contribution in [0.2, 0.25) is 0 Å². The van der Waals surface area contributed by atoms with Gasteiger partial charge in [0.1, 0.15) is 23.9 Å². The fourth-order valence-electron chi connectivity index (χ4n) is 2.72. The fraction of sp³-hybridized carbons (Fsp3) is 0.524. The van der Waals surface area contributed by atoms with E-state index >= 15 is 0 Å². The van der Waals surface area contributed by atoms with Crippen LogP contribution in [0.3, 0.4) is 0 Å². The maximum Gasteiger partial charge on any atom is 0.327 e. The third kappa shape index (κ3) is 8.39. The molecule has 11 heteroatoms. The third-order valence-corrected chi connectivity index (χ3v) is 5.48. The number of hydrogen-bond donors (Lipinski definition) is 7. The number of carboxylic acids is 1. The van der Waals surface area contributed by atoms with Gasteiger partial charge in [0.2, 0.25) is 17.7 Å². The zero-order chi connectivity index (χ0) is 24.4. The minimum Gasteiger partial charge on any atom is -0.508 e. The number of carboxylic acid groups (broad SMARTS) is 1. The zero-order valence-electron chi connectivity index (χ0n) is 18.4. The molecular weight excluding hydrogens is 436 g/mol. The van der Waals surface area contributed by atoms with Crippen molar-refractivity contribution in [3.05, 3.63) is 29.8 Å². The Balaban J connectivity index is 2.94. The normalized spacial score (nSPS) is 15.5. The van der Waals surface area contributed by atoms with Crippen LogP contribution in [-0.4, -0.2) is 63.8 Å². The second-order valence-corrected chi connectivity index (χ2v) is 8.02. The van der Waals surface area contributed by atoms with Gasteiger partial charge < -0.3 is 31.9 Å². The number of hydrogen-bond acceptors (Lipinski definition) is 7. The number of thiol groups is 1. The van der Waals surface area contributed by atoms with Gasteiger partial charge in [-0.3, -0.25) is 14.4 Å². The van der Waals surface area contributed by atoms with E-state index in [1.165, 1.54) is 19.1 Å². The summed E-state index contributed by atoms with van der Waals surface area (Å²) in [4.78, 5) is 48.9. The molecule has 0 fully saturated rings. The number of carbonyl (C=O) groups is 4. The van der Waals surface area contributed by atoms with E-state index in [0.717, 1.165) is 0 Å². The lowest BCUT2D eigenvalue weighted by atomic mass is 9.99. The summed E-state index contributed by atoms with van der Waals surface area (Å²) in [6.07, 6.45) is 0.726. The number of amides is 3. The molecule has 178 valence electrons. The monoisotopic (exact) mass is 468 g/mol. The van der Waals surface area contributed by atoms with Gasteiger partial charge in [-0.15, -0.1) is 0 Å². The van der Waals surface area contributed by atoms with Crippen LogP contribution in [0.1, 0.15) is 32.8 Å². The highest BCUT2D eigenvalue weighted by atomic mass is 32.1. The Morgan fingerprint density at radius 2 is 1.53 bits per heavy atom. The van der Waals surface area contributed by atoms with Crippen molar-refractivity contribution in [1.82, 2.24) is 16.0 Å². The Bertz CT molecular complexity index is 804. The maximum atomic E-state index is 12.7. The Hall–Kier alpha value is -2.79. The summed E-state index contributed by atoms with van der Waals surface area (Å²) in [7, 11) is 0. The van der Waals surface area contributed by atoms with E-state index < -0.39 is 47.9 Å². The lowest BCUT2D eigenvalue weighted by Gasteiger charge is -2.24. The lowest BCUT2D eigenvalue weighted by Crippen LogP contribution is -2.57. The van der Waals surface area contributed by atoms with Gasteiger partial charge in [0.25, 0.3) is 0 Å². The minimum absolute atomic E-state index is 0.0316. The number of carbonyl (C=O) groups excluding carboxylic acids is 3. The summed E-state index contributed by atoms with van der Waals surface area (Å²) in [6, 6.07) is 1.88. The first-order valence-electron chi connectivity index (χ1n) is 10.3. The average Bonchev–Trinajstić information content (AvgIpc) is 2.76. The van der Waals surface area contributed by atoms with Crippen molar-refractivity contribution in [3.8, 4) is 5.75 Å². The highest BCUT2D eigenvalue weighted by Crippen LogP contribution is 2.12. The van der Waals surface area contributed by atoms with Gasteiger partial charge in [0.15, 0.2) is 0 Å². The van der Waals surface area contributed by atoms with Crippen LogP contribution < -0.4 is 21.7 Å². The van der Waals surface area contributed by atoms with Crippen molar-refractivity contribution in [2.24, 2.45) is 11.7 Å². The summed E-state index contributed by atoms with van der Waals surface area (Å²) < 4.78 is 0. The molecule has 0 aliphatic rings. The first kappa shape index (κ1) is 27.2. The molecule has 32 heavy (non-hydrogen) atoms. The summed E-state index contributed by atoms with van der Waals surface area (Å²) in [5, 5.41) is 26.0. The number of benzene rings is 1. The van der Waals surface area contributed by atoms with Crippen molar-refractivity contribution >= 4 is 36.3 Å². The number of nitrogens with two attached hydrogens (primary N) is 1. The molecule has 0 aliphatic heterocycles. The molecule has 0 aromatic heterocycles. The molecule has 0 aliphatic carbocycles. The van der Waals surface area contributed by atoms with Crippen LogP contribution in [0, 0.1) is 5.92 Å². The molecule has 0 saturated heterocycles. The van der Waals surface area contributed by atoms with Crippen LogP contribution in [0.5, 0.6) is 5.75 Å². The summed E-state index contributed by atoms with van der Waals surface area (Å²) in [6.45, 7) is 5.18. The third-order valence-electron chi connectivity index (χ3n) is 5.12. The van der Waals surface area contributed by atoms with Crippen molar-refractivity contribution < 1.29 is 29.4 Å². The lowest BCUT2D eigenvalue weighted by molar-refractivity contribution is -0.141. The van der Waals surface area contributed by atoms with Gasteiger partial charge in [-0.25, -0.2) is 4.79 Å². The van der Waals surface area contributed by atoms with Crippen molar-refractivity contribution in [3.63, 3.8) is 0 Å². The minimum atomic E-state index is -1.26. The number of aliphatic carboxylic acids is 1. The van der Waals surface area contributed by atoms with E-state index in [2.05, 4.69) is 28.6 Å². The number of rotatable bonds is 12. The van der Waals surface area contributed by atoms with Crippen molar-refractivity contribution in [1.29, 1.82) is 0 Å². The highest BCUT2D eigenvalue weighted by Gasteiger charge is 2.29. The van der Waals surface area contributed by atoms with E-state index in [-0.39, 0.29) is 23.8 Å². The van der Waals surface area contributed by atoms with Gasteiger partial charge in [0.05, 0.1) is 6.04 Å². The molecule has 0 bridgehead atoms. The van der Waals surface area contributed by atoms with E-state index in [4.69, 9.17) is 5.73 Å². The molecule has 1 aromatic rings. The predicted octanol–water partition coefficient (Wildman–Crippen LogP) is -0.203. The van der Waals surface area contributed by atoms with Gasteiger partial charge >= 0.3 is 5.97 Å². The second kappa shape index (κ2) is 12.9. The molecule has 5 atom stereocenters. The number of nitrogens with one attached hydrogen (secondary N) is 3. The maximum absolute atomic E-state index is 12.7. The second-order valence-electron chi connectivity index (χ2n) is 7.66. The van der Waals surface area contributed by atoms with Gasteiger partial charge in [-0.05, 0) is 30.5 Å². The highest BCUT2D eigenvalue weighted by molar-refractivity contribution is 7.80. The Kier molecular flexibility index (Phi) is 11.0. The van der Waals surface area contributed by atoms with Gasteiger partial charge in [0, 0.05) is 12.2 Å². The Labute approximate surface area is 192 Å². The average molecular weight is 469 g/mol. The molecule has 0 heterocycles. The van der Waals surface area contributed by atoms with E-state index in [1.807, 2.05) is 13.8 Å². The molecule has 10 nitrogen and oxygen atoms in total. The van der Waals surface area contributed by atoms with E-state index in [0.29, 0.717) is 12.0 Å². The standard InChI is InChI=1S/C21H32N4O6S/c1-4-11(2)17(22)20(29)23-12(3)18(27)24-15(9-13-5-7-14(26)8-6-13)19(28)25-16(10-32)21(30)31/h5-8,11-12,15-17,26,32H,4,9-10,22H2,1-3H3,(H,23,29)(H,24,27)(H,25,28)(H,30,31). The molecule has 0 spiro atoms. The fourth-order valence-corrected chi connectivity index (χ4v) is 2.97. The largest absolute Gasteiger partial charge is 0.508 e. The topological polar surface area (TPSA) is 171 Å². The molecule has 1 aromatic carbocycles. The number of phenols is 1. The van der Waals surface area contributed by atoms with Crippen LogP contribution >= 0.6 is 12.6 Å². The smallest absolute Gasteiger partial charge is 0.327 e. The number of phenolic OH excluding ortho intramolecular Hbond substituents is 1. The van der Waals surface area contributed by atoms with E-state index in [9.17, 15) is 29.4 Å². The molecule has 1 rings (SSSR count). The van der Waals surface area contributed by atoms with Gasteiger partial charge in [-0.1, -0.05) is 32.4 Å². The Morgan fingerprint density at radius 3 is 2.03 bits per heavy atom. The molecular formula is C21H32N4O6S. The summed E-state index contributed by atoms with van der Waals surface area (Å²) >= 11 is 3.92. The van der Waals surface area contributed by atoms with Crippen LogP contribution in [0.15, 0.2) is 24.3 Å². The first-order valence-corrected chi connectivity index (χ1v) is 10.9. The van der Waals surface area contributed by atoms with Crippen LogP contribution in [0.25, 0.3) is 0 Å². The quantitative estimate of drug-likeness (QED) is 0.208. The zero-order valence-corrected chi connectivity index (χ0v) is 19.3. The van der Waals surface area contributed by atoms with Crippen molar-refractivity contribution in [2.45, 2.75) is 57.8 Å². The molecule has 0 saturated carbocycles. The predicted molar refractivity (Wildman–Crippen MR) is 122 cm³/mol.